The summed E-state index contributed by atoms with van der Waals surface area (Å²) in [5, 5.41) is 3.93. The lowest BCUT2D eigenvalue weighted by Gasteiger charge is -2.42. The summed E-state index contributed by atoms with van der Waals surface area (Å²) in [5.41, 5.74) is 0.460. The van der Waals surface area contributed by atoms with Gasteiger partial charge in [0.15, 0.2) is 0 Å². The minimum Gasteiger partial charge on any atom is -0.311 e. The smallest absolute Gasteiger partial charge is 0.0103 e. The van der Waals surface area contributed by atoms with Gasteiger partial charge in [-0.25, -0.2) is 0 Å². The topological polar surface area (TPSA) is 12.0 Å². The standard InChI is InChI=1S/C17H35N/c1-6-7-8-11-14(2)18-16-13-10-9-12-15(16)17(3,4)5/h14-16,18H,6-13H2,1-5H3. The second-order valence-corrected chi connectivity index (χ2v) is 7.43. The van der Waals surface area contributed by atoms with Crippen LogP contribution >= 0.6 is 0 Å². The molecule has 1 fully saturated rings. The molecule has 0 saturated heterocycles. The van der Waals surface area contributed by atoms with Crippen LogP contribution in [-0.2, 0) is 0 Å². The predicted octanol–water partition coefficient (Wildman–Crippen LogP) is 5.15. The third-order valence-corrected chi connectivity index (χ3v) is 4.62. The van der Waals surface area contributed by atoms with Crippen LogP contribution in [0.1, 0.15) is 86.0 Å². The van der Waals surface area contributed by atoms with Crippen molar-refractivity contribution in [3.63, 3.8) is 0 Å². The van der Waals surface area contributed by atoms with Crippen molar-refractivity contribution in [3.8, 4) is 0 Å². The molecule has 0 aliphatic heterocycles. The Kier molecular flexibility index (Phi) is 6.70. The summed E-state index contributed by atoms with van der Waals surface area (Å²) in [6, 6.07) is 1.46. The van der Waals surface area contributed by atoms with E-state index in [1.54, 1.807) is 0 Å². The molecule has 3 atom stereocenters. The van der Waals surface area contributed by atoms with Gasteiger partial charge in [-0.3, -0.25) is 0 Å². The Hall–Kier alpha value is -0.0400. The van der Waals surface area contributed by atoms with Crippen molar-refractivity contribution in [1.29, 1.82) is 0 Å². The maximum Gasteiger partial charge on any atom is 0.0103 e. The van der Waals surface area contributed by atoms with Crippen LogP contribution in [0.3, 0.4) is 0 Å². The maximum absolute atomic E-state index is 3.93. The van der Waals surface area contributed by atoms with Gasteiger partial charge in [-0.05, 0) is 37.5 Å². The molecule has 0 aromatic rings. The summed E-state index contributed by atoms with van der Waals surface area (Å²) in [4.78, 5) is 0. The highest BCUT2D eigenvalue weighted by atomic mass is 15.0. The third kappa shape index (κ3) is 5.30. The molecule has 1 aliphatic rings. The SMILES string of the molecule is CCCCCC(C)NC1CCCCC1C(C)(C)C. The molecule has 0 amide bonds. The fourth-order valence-electron chi connectivity index (χ4n) is 3.52. The van der Waals surface area contributed by atoms with Crippen LogP contribution in [-0.4, -0.2) is 12.1 Å². The molecule has 0 bridgehead atoms. The highest BCUT2D eigenvalue weighted by Crippen LogP contribution is 2.38. The van der Waals surface area contributed by atoms with E-state index in [9.17, 15) is 0 Å². The lowest BCUT2D eigenvalue weighted by Crippen LogP contribution is -2.47. The Morgan fingerprint density at radius 2 is 1.78 bits per heavy atom. The van der Waals surface area contributed by atoms with Crippen molar-refractivity contribution in [1.82, 2.24) is 5.32 Å². The molecule has 0 aromatic heterocycles. The first kappa shape index (κ1) is 16.0. The van der Waals surface area contributed by atoms with Gasteiger partial charge in [0.2, 0.25) is 0 Å². The van der Waals surface area contributed by atoms with Crippen LogP contribution in [0, 0.1) is 11.3 Å². The molecule has 0 heterocycles. The maximum atomic E-state index is 3.93. The number of rotatable bonds is 6. The molecule has 108 valence electrons. The Morgan fingerprint density at radius 3 is 2.39 bits per heavy atom. The number of unbranched alkanes of at least 4 members (excludes halogenated alkanes) is 2. The van der Waals surface area contributed by atoms with E-state index in [4.69, 9.17) is 0 Å². The highest BCUT2D eigenvalue weighted by Gasteiger charge is 2.34. The normalized spacial score (nSPS) is 27.2. The van der Waals surface area contributed by atoms with Crippen molar-refractivity contribution < 1.29 is 0 Å². The van der Waals surface area contributed by atoms with E-state index >= 15 is 0 Å². The van der Waals surface area contributed by atoms with E-state index in [1.807, 2.05) is 0 Å². The van der Waals surface area contributed by atoms with Crippen molar-refractivity contribution in [2.45, 2.75) is 98.1 Å². The monoisotopic (exact) mass is 253 g/mol. The lowest BCUT2D eigenvalue weighted by molar-refractivity contribution is 0.123. The molecular weight excluding hydrogens is 218 g/mol. The van der Waals surface area contributed by atoms with E-state index in [-0.39, 0.29) is 0 Å². The largest absolute Gasteiger partial charge is 0.311 e. The molecular formula is C17H35N. The molecule has 0 radical (unpaired) electrons. The molecule has 1 aliphatic carbocycles. The average molecular weight is 253 g/mol. The van der Waals surface area contributed by atoms with Crippen LogP contribution in [0.2, 0.25) is 0 Å². The summed E-state index contributed by atoms with van der Waals surface area (Å²) < 4.78 is 0. The minimum absolute atomic E-state index is 0.460. The van der Waals surface area contributed by atoms with Crippen molar-refractivity contribution in [2.24, 2.45) is 11.3 Å². The molecule has 18 heavy (non-hydrogen) atoms. The van der Waals surface area contributed by atoms with Gasteiger partial charge in [0, 0.05) is 12.1 Å². The zero-order valence-electron chi connectivity index (χ0n) is 13.4. The van der Waals surface area contributed by atoms with Gasteiger partial charge in [0.1, 0.15) is 0 Å². The molecule has 1 nitrogen and oxygen atoms in total. The first-order valence-electron chi connectivity index (χ1n) is 8.21. The molecule has 0 spiro atoms. The molecule has 1 heteroatoms. The Balaban J connectivity index is 2.41. The number of hydrogen-bond donors (Lipinski definition) is 1. The van der Waals surface area contributed by atoms with Crippen LogP contribution in [0.4, 0.5) is 0 Å². The molecule has 1 rings (SSSR count). The summed E-state index contributed by atoms with van der Waals surface area (Å²) in [6.07, 6.45) is 11.1. The van der Waals surface area contributed by atoms with Crippen molar-refractivity contribution >= 4 is 0 Å². The fraction of sp³-hybridized carbons (Fsp3) is 1.00. The quantitative estimate of drug-likeness (QED) is 0.646. The third-order valence-electron chi connectivity index (χ3n) is 4.62. The van der Waals surface area contributed by atoms with Gasteiger partial charge in [-0.15, -0.1) is 0 Å². The molecule has 1 N–H and O–H groups in total. The van der Waals surface area contributed by atoms with Crippen LogP contribution in [0.25, 0.3) is 0 Å². The Bertz CT molecular complexity index is 216. The number of nitrogens with one attached hydrogen (secondary N) is 1. The van der Waals surface area contributed by atoms with Crippen molar-refractivity contribution in [3.05, 3.63) is 0 Å². The first-order valence-corrected chi connectivity index (χ1v) is 8.21. The first-order chi connectivity index (χ1) is 8.45. The summed E-state index contributed by atoms with van der Waals surface area (Å²) in [6.45, 7) is 11.9. The second kappa shape index (κ2) is 7.53. The van der Waals surface area contributed by atoms with Crippen LogP contribution in [0.5, 0.6) is 0 Å². The van der Waals surface area contributed by atoms with Gasteiger partial charge >= 0.3 is 0 Å². The van der Waals surface area contributed by atoms with Gasteiger partial charge in [-0.1, -0.05) is 59.8 Å². The minimum atomic E-state index is 0.460. The van der Waals surface area contributed by atoms with E-state index in [2.05, 4.69) is 39.9 Å². The summed E-state index contributed by atoms with van der Waals surface area (Å²) >= 11 is 0. The average Bonchev–Trinajstić information content (AvgIpc) is 2.28. The summed E-state index contributed by atoms with van der Waals surface area (Å²) in [7, 11) is 0. The molecule has 3 unspecified atom stereocenters. The summed E-state index contributed by atoms with van der Waals surface area (Å²) in [5.74, 6) is 0.861. The zero-order chi connectivity index (χ0) is 13.6. The Morgan fingerprint density at radius 1 is 1.11 bits per heavy atom. The van der Waals surface area contributed by atoms with Crippen LogP contribution in [0.15, 0.2) is 0 Å². The predicted molar refractivity (Wildman–Crippen MR) is 81.9 cm³/mol. The molecule has 0 aromatic carbocycles. The molecule has 1 saturated carbocycles. The Labute approximate surface area is 115 Å². The van der Waals surface area contributed by atoms with E-state index in [1.165, 1.54) is 51.4 Å². The van der Waals surface area contributed by atoms with Gasteiger partial charge in [-0.2, -0.15) is 0 Å². The van der Waals surface area contributed by atoms with E-state index in [0.29, 0.717) is 11.5 Å². The number of hydrogen-bond acceptors (Lipinski definition) is 1. The van der Waals surface area contributed by atoms with Gasteiger partial charge in [0.05, 0.1) is 0 Å². The van der Waals surface area contributed by atoms with Crippen molar-refractivity contribution in [2.75, 3.05) is 0 Å². The highest BCUT2D eigenvalue weighted by molar-refractivity contribution is 4.89. The van der Waals surface area contributed by atoms with E-state index < -0.39 is 0 Å². The zero-order valence-corrected chi connectivity index (χ0v) is 13.4. The van der Waals surface area contributed by atoms with Gasteiger partial charge in [0.25, 0.3) is 0 Å². The van der Waals surface area contributed by atoms with Gasteiger partial charge < -0.3 is 5.32 Å². The fourth-order valence-corrected chi connectivity index (χ4v) is 3.52. The van der Waals surface area contributed by atoms with Crippen LogP contribution < -0.4 is 5.32 Å². The second-order valence-electron chi connectivity index (χ2n) is 7.43. The van der Waals surface area contributed by atoms with E-state index in [0.717, 1.165) is 12.0 Å². The lowest BCUT2D eigenvalue weighted by atomic mass is 9.69.